The van der Waals surface area contributed by atoms with Crippen LogP contribution < -0.4 is 11.2 Å². The van der Waals surface area contributed by atoms with Gasteiger partial charge in [0.1, 0.15) is 0 Å². The molecule has 0 spiro atoms. The fourth-order valence-corrected chi connectivity index (χ4v) is 1.51. The molecule has 0 unspecified atom stereocenters. The minimum atomic E-state index is -0.659. The number of nitrogen functional groups attached to an aromatic ring is 1. The van der Waals surface area contributed by atoms with Crippen molar-refractivity contribution in [3.8, 4) is 5.75 Å². The van der Waals surface area contributed by atoms with Crippen LogP contribution in [0.3, 0.4) is 0 Å². The molecule has 4 N–H and O–H groups in total. The van der Waals surface area contributed by atoms with Gasteiger partial charge in [-0.2, -0.15) is 0 Å². The van der Waals surface area contributed by atoms with Crippen molar-refractivity contribution in [1.29, 1.82) is 0 Å². The van der Waals surface area contributed by atoms with Crippen molar-refractivity contribution in [3.05, 3.63) is 27.7 Å². The zero-order chi connectivity index (χ0) is 11.9. The average Bonchev–Trinajstić information content (AvgIpc) is 2.27. The Labute approximate surface area is 90.0 Å². The summed E-state index contributed by atoms with van der Waals surface area (Å²) < 4.78 is 5.10. The molecule has 0 atom stereocenters. The summed E-state index contributed by atoms with van der Waals surface area (Å²) in [5, 5.41) is 18.6. The monoisotopic (exact) mass is 222 g/mol. The number of aromatic nitrogens is 1. The third-order valence-electron chi connectivity index (χ3n) is 2.35. The number of pyridine rings is 1. The number of hydrogen-bond donors (Lipinski definition) is 3. The van der Waals surface area contributed by atoms with Gasteiger partial charge in [0.05, 0.1) is 17.7 Å². The van der Waals surface area contributed by atoms with E-state index in [2.05, 4.69) is 4.98 Å². The molecule has 2 rings (SSSR count). The van der Waals surface area contributed by atoms with Crippen LogP contribution in [0.15, 0.2) is 15.4 Å². The number of aliphatic hydroxyl groups is 1. The predicted octanol–water partition coefficient (Wildman–Crippen LogP) is 0.277. The van der Waals surface area contributed by atoms with E-state index in [0.29, 0.717) is 11.3 Å². The minimum absolute atomic E-state index is 0.113. The van der Waals surface area contributed by atoms with Gasteiger partial charge in [0, 0.05) is 11.8 Å². The molecule has 6 nitrogen and oxygen atoms in total. The van der Waals surface area contributed by atoms with Gasteiger partial charge < -0.3 is 20.4 Å². The molecule has 0 aliphatic heterocycles. The molecule has 2 aromatic heterocycles. The zero-order valence-corrected chi connectivity index (χ0v) is 8.52. The maximum absolute atomic E-state index is 11.8. The van der Waals surface area contributed by atoms with Crippen molar-refractivity contribution in [2.24, 2.45) is 0 Å². The highest BCUT2D eigenvalue weighted by Crippen LogP contribution is 2.25. The normalized spacial score (nSPS) is 10.9. The molecule has 0 aromatic carbocycles. The first-order chi connectivity index (χ1) is 7.56. The number of aryl methyl sites for hydroxylation is 1. The van der Waals surface area contributed by atoms with Crippen LogP contribution in [-0.4, -0.2) is 15.2 Å². The Morgan fingerprint density at radius 2 is 2.25 bits per heavy atom. The zero-order valence-electron chi connectivity index (χ0n) is 8.52. The Morgan fingerprint density at radius 1 is 1.56 bits per heavy atom. The second-order valence-electron chi connectivity index (χ2n) is 3.38. The Hall–Kier alpha value is -2.08. The summed E-state index contributed by atoms with van der Waals surface area (Å²) in [6, 6.07) is 0. The molecule has 0 saturated heterocycles. The molecule has 0 fully saturated rings. The summed E-state index contributed by atoms with van der Waals surface area (Å²) in [5.41, 5.74) is 5.63. The van der Waals surface area contributed by atoms with Crippen molar-refractivity contribution in [3.63, 3.8) is 0 Å². The van der Waals surface area contributed by atoms with Gasteiger partial charge in [-0.05, 0) is 6.92 Å². The number of nitrogens with two attached hydrogens (primary N) is 1. The van der Waals surface area contributed by atoms with E-state index in [0.717, 1.165) is 0 Å². The van der Waals surface area contributed by atoms with E-state index >= 15 is 0 Å². The molecular formula is C10H10N2O4. The second-order valence-corrected chi connectivity index (χ2v) is 3.38. The molecule has 0 aliphatic carbocycles. The first-order valence-corrected chi connectivity index (χ1v) is 4.56. The van der Waals surface area contributed by atoms with Gasteiger partial charge in [-0.25, -0.2) is 0 Å². The number of aliphatic hydroxyl groups excluding tert-OH is 1. The number of fused-ring (bicyclic) bond motifs is 1. The molecule has 16 heavy (non-hydrogen) atoms. The highest BCUT2D eigenvalue weighted by atomic mass is 16.4. The summed E-state index contributed by atoms with van der Waals surface area (Å²) >= 11 is 0. The number of rotatable bonds is 1. The van der Waals surface area contributed by atoms with Crippen molar-refractivity contribution in [2.45, 2.75) is 13.5 Å². The smallest absolute Gasteiger partial charge is 0.237 e. The Kier molecular flexibility index (Phi) is 2.28. The van der Waals surface area contributed by atoms with Crippen molar-refractivity contribution in [2.75, 3.05) is 5.73 Å². The van der Waals surface area contributed by atoms with Crippen LogP contribution in [0.2, 0.25) is 0 Å². The van der Waals surface area contributed by atoms with E-state index in [1.54, 1.807) is 6.92 Å². The molecule has 0 bridgehead atoms. The van der Waals surface area contributed by atoms with Crippen LogP contribution in [0.4, 0.5) is 5.88 Å². The Balaban J connectivity index is 3.06. The molecule has 2 aromatic rings. The van der Waals surface area contributed by atoms with Crippen LogP contribution in [0.25, 0.3) is 11.0 Å². The third kappa shape index (κ3) is 1.31. The topological polar surface area (TPSA) is 110 Å². The Morgan fingerprint density at radius 3 is 2.88 bits per heavy atom. The summed E-state index contributed by atoms with van der Waals surface area (Å²) in [5.74, 6) is -0.995. The van der Waals surface area contributed by atoms with E-state index in [-0.39, 0.29) is 23.5 Å². The summed E-state index contributed by atoms with van der Waals surface area (Å²) in [6.45, 7) is 1.28. The molecule has 6 heteroatoms. The van der Waals surface area contributed by atoms with E-state index in [4.69, 9.17) is 15.3 Å². The van der Waals surface area contributed by atoms with Crippen LogP contribution in [0, 0.1) is 6.92 Å². The molecule has 2 heterocycles. The average molecular weight is 222 g/mol. The lowest BCUT2D eigenvalue weighted by molar-refractivity contribution is 0.282. The van der Waals surface area contributed by atoms with Crippen molar-refractivity contribution in [1.82, 2.24) is 4.98 Å². The van der Waals surface area contributed by atoms with Crippen LogP contribution in [-0.2, 0) is 6.61 Å². The number of nitrogens with zero attached hydrogens (tertiary/aromatic N) is 1. The molecule has 0 saturated carbocycles. The summed E-state index contributed by atoms with van der Waals surface area (Å²) in [7, 11) is 0. The van der Waals surface area contributed by atoms with E-state index in [9.17, 15) is 9.90 Å². The first-order valence-electron chi connectivity index (χ1n) is 4.56. The van der Waals surface area contributed by atoms with E-state index < -0.39 is 11.2 Å². The molecule has 0 amide bonds. The maximum Gasteiger partial charge on any atom is 0.237 e. The predicted molar refractivity (Wildman–Crippen MR) is 57.0 cm³/mol. The number of hydrogen-bond acceptors (Lipinski definition) is 6. The highest BCUT2D eigenvalue weighted by molar-refractivity contribution is 5.84. The second kappa shape index (κ2) is 3.49. The fraction of sp³-hybridized carbons (Fsp3) is 0.200. The lowest BCUT2D eigenvalue weighted by atomic mass is 10.1. The molecule has 84 valence electrons. The van der Waals surface area contributed by atoms with Crippen molar-refractivity contribution < 1.29 is 14.6 Å². The lowest BCUT2D eigenvalue weighted by Gasteiger charge is -2.06. The van der Waals surface area contributed by atoms with Crippen LogP contribution >= 0.6 is 0 Å². The molecular weight excluding hydrogens is 212 g/mol. The van der Waals surface area contributed by atoms with Crippen LogP contribution in [0.1, 0.15) is 11.3 Å². The van der Waals surface area contributed by atoms with Gasteiger partial charge in [-0.1, -0.05) is 0 Å². The lowest BCUT2D eigenvalue weighted by Crippen LogP contribution is -2.08. The number of anilines is 1. The maximum atomic E-state index is 11.8. The standard InChI is InChI=1S/C10H10N2O4/c1-4-9-6(5(3-13)2-12-4)7(14)8(15)10(11)16-9/h2,13,15H,3,11H2,1H3. The van der Waals surface area contributed by atoms with Gasteiger partial charge in [-0.15, -0.1) is 0 Å². The third-order valence-corrected chi connectivity index (χ3v) is 2.35. The first kappa shape index (κ1) is 10.4. The van der Waals surface area contributed by atoms with Gasteiger partial charge in [-0.3, -0.25) is 9.78 Å². The van der Waals surface area contributed by atoms with Gasteiger partial charge in [0.2, 0.25) is 17.1 Å². The summed E-state index contributed by atoms with van der Waals surface area (Å²) in [4.78, 5) is 15.7. The number of aromatic hydroxyl groups is 1. The molecule has 0 aliphatic rings. The van der Waals surface area contributed by atoms with Gasteiger partial charge in [0.15, 0.2) is 5.58 Å². The van der Waals surface area contributed by atoms with Gasteiger partial charge >= 0.3 is 0 Å². The Bertz CT molecular complexity index is 618. The fourth-order valence-electron chi connectivity index (χ4n) is 1.51. The highest BCUT2D eigenvalue weighted by Gasteiger charge is 2.16. The minimum Gasteiger partial charge on any atom is -0.500 e. The van der Waals surface area contributed by atoms with E-state index in [1.807, 2.05) is 0 Å². The van der Waals surface area contributed by atoms with Crippen LogP contribution in [0.5, 0.6) is 5.75 Å². The molecule has 0 radical (unpaired) electrons. The van der Waals surface area contributed by atoms with Gasteiger partial charge in [0.25, 0.3) is 0 Å². The summed E-state index contributed by atoms with van der Waals surface area (Å²) in [6.07, 6.45) is 1.37. The van der Waals surface area contributed by atoms with E-state index in [1.165, 1.54) is 6.20 Å². The largest absolute Gasteiger partial charge is 0.500 e. The quantitative estimate of drug-likeness (QED) is 0.639. The van der Waals surface area contributed by atoms with Crippen molar-refractivity contribution >= 4 is 16.9 Å². The SMILES string of the molecule is Cc1ncc(CO)c2c(=O)c(O)c(N)oc12.